The van der Waals surface area contributed by atoms with Crippen LogP contribution in [0.2, 0.25) is 0 Å². The highest BCUT2D eigenvalue weighted by Crippen LogP contribution is 2.04. The second-order valence-corrected chi connectivity index (χ2v) is 3.02. The number of hydrogen-bond acceptors (Lipinski definition) is 2. The van der Waals surface area contributed by atoms with Crippen molar-refractivity contribution in [3.05, 3.63) is 0 Å². The summed E-state index contributed by atoms with van der Waals surface area (Å²) in [7, 11) is 2.19. The van der Waals surface area contributed by atoms with Crippen LogP contribution in [0, 0.1) is 0 Å². The van der Waals surface area contributed by atoms with E-state index < -0.39 is 0 Å². The summed E-state index contributed by atoms with van der Waals surface area (Å²) in [6.45, 7) is 10.8. The van der Waals surface area contributed by atoms with Crippen molar-refractivity contribution in [2.45, 2.75) is 39.8 Å². The maximum atomic E-state index is 3.37. The monoisotopic (exact) mass is 158 g/mol. The van der Waals surface area contributed by atoms with E-state index in [0.717, 1.165) is 13.1 Å². The number of nitrogens with zero attached hydrogens (tertiary/aromatic N) is 1. The molecule has 0 bridgehead atoms. The zero-order valence-corrected chi connectivity index (χ0v) is 8.52. The Morgan fingerprint density at radius 2 is 1.45 bits per heavy atom. The van der Waals surface area contributed by atoms with Crippen molar-refractivity contribution in [1.82, 2.24) is 10.2 Å². The van der Waals surface area contributed by atoms with E-state index >= 15 is 0 Å². The third-order valence-corrected chi connectivity index (χ3v) is 2.27. The number of piperazine rings is 1. The molecule has 0 aliphatic carbocycles. The van der Waals surface area contributed by atoms with Gasteiger partial charge < -0.3 is 5.32 Å². The molecule has 2 unspecified atom stereocenters. The largest absolute Gasteiger partial charge is 0.314 e. The second kappa shape index (κ2) is 5.56. The highest BCUT2D eigenvalue weighted by atomic mass is 15.2. The van der Waals surface area contributed by atoms with E-state index in [0.29, 0.717) is 12.1 Å². The number of nitrogens with one attached hydrogen (secondary N) is 1. The molecule has 1 N–H and O–H groups in total. The summed E-state index contributed by atoms with van der Waals surface area (Å²) >= 11 is 0. The minimum absolute atomic E-state index is 0.703. The minimum Gasteiger partial charge on any atom is -0.314 e. The zero-order chi connectivity index (χ0) is 8.85. The fraction of sp³-hybridized carbons (Fsp3) is 1.00. The van der Waals surface area contributed by atoms with Crippen LogP contribution in [-0.4, -0.2) is 37.1 Å². The van der Waals surface area contributed by atoms with Gasteiger partial charge in [-0.25, -0.2) is 0 Å². The van der Waals surface area contributed by atoms with Crippen molar-refractivity contribution in [3.63, 3.8) is 0 Å². The summed E-state index contributed by atoms with van der Waals surface area (Å²) in [5.74, 6) is 0. The molecule has 1 rings (SSSR count). The molecule has 1 aliphatic heterocycles. The first-order chi connectivity index (χ1) is 5.22. The number of likely N-dealkylation sites (N-methyl/N-ethyl adjacent to an activating group) is 1. The maximum Gasteiger partial charge on any atom is 0.0192 e. The Morgan fingerprint density at radius 3 is 1.73 bits per heavy atom. The van der Waals surface area contributed by atoms with Crippen molar-refractivity contribution in [2.24, 2.45) is 0 Å². The second-order valence-electron chi connectivity index (χ2n) is 3.02. The quantitative estimate of drug-likeness (QED) is 0.572. The Bertz CT molecular complexity index is 83.6. The van der Waals surface area contributed by atoms with E-state index in [2.05, 4.69) is 31.1 Å². The molecule has 11 heavy (non-hydrogen) atoms. The van der Waals surface area contributed by atoms with Gasteiger partial charge in [0, 0.05) is 25.2 Å². The Labute approximate surface area is 71.0 Å². The van der Waals surface area contributed by atoms with Gasteiger partial charge in [-0.3, -0.25) is 4.90 Å². The average molecular weight is 158 g/mol. The topological polar surface area (TPSA) is 15.3 Å². The minimum atomic E-state index is 0.703. The van der Waals surface area contributed by atoms with Gasteiger partial charge in [0.2, 0.25) is 0 Å². The van der Waals surface area contributed by atoms with Crippen LogP contribution in [0.3, 0.4) is 0 Å². The number of hydrogen-bond donors (Lipinski definition) is 1. The van der Waals surface area contributed by atoms with Crippen molar-refractivity contribution in [3.8, 4) is 0 Å². The van der Waals surface area contributed by atoms with Crippen molar-refractivity contribution >= 4 is 0 Å². The first-order valence-corrected chi connectivity index (χ1v) is 4.64. The molecule has 1 fully saturated rings. The van der Waals surface area contributed by atoms with E-state index in [1.54, 1.807) is 0 Å². The molecule has 2 atom stereocenters. The molecule has 0 spiro atoms. The van der Waals surface area contributed by atoms with Gasteiger partial charge in [-0.1, -0.05) is 13.8 Å². The van der Waals surface area contributed by atoms with E-state index in [9.17, 15) is 0 Å². The maximum absolute atomic E-state index is 3.37. The standard InChI is InChI=1S/C7H16N2.C2H6/c1-6-4-8-5-7(2)9(6)3;1-2/h6-8H,4-5H2,1-3H3;1-2H3. The lowest BCUT2D eigenvalue weighted by molar-refractivity contribution is 0.152. The SMILES string of the molecule is CC.CC1CNCC(C)N1C. The molecular formula is C9H22N2. The van der Waals surface area contributed by atoms with Crippen LogP contribution in [0.4, 0.5) is 0 Å². The lowest BCUT2D eigenvalue weighted by Gasteiger charge is -2.36. The molecule has 68 valence electrons. The molecule has 0 saturated carbocycles. The van der Waals surface area contributed by atoms with Gasteiger partial charge in [0.25, 0.3) is 0 Å². The van der Waals surface area contributed by atoms with Crippen LogP contribution in [0.25, 0.3) is 0 Å². The van der Waals surface area contributed by atoms with Crippen LogP contribution in [-0.2, 0) is 0 Å². The normalized spacial score (nSPS) is 32.5. The van der Waals surface area contributed by atoms with Crippen LogP contribution in [0.5, 0.6) is 0 Å². The predicted molar refractivity (Wildman–Crippen MR) is 50.9 cm³/mol. The van der Waals surface area contributed by atoms with Gasteiger partial charge in [-0.2, -0.15) is 0 Å². The lowest BCUT2D eigenvalue weighted by atomic mass is 10.1. The highest BCUT2D eigenvalue weighted by molar-refractivity contribution is 4.79. The van der Waals surface area contributed by atoms with Crippen LogP contribution in [0.15, 0.2) is 0 Å². The van der Waals surface area contributed by atoms with Gasteiger partial charge in [0.1, 0.15) is 0 Å². The zero-order valence-electron chi connectivity index (χ0n) is 8.52. The molecule has 0 radical (unpaired) electrons. The summed E-state index contributed by atoms with van der Waals surface area (Å²) < 4.78 is 0. The van der Waals surface area contributed by atoms with Crippen LogP contribution in [0.1, 0.15) is 27.7 Å². The Kier molecular flexibility index (Phi) is 5.51. The molecule has 1 heterocycles. The van der Waals surface area contributed by atoms with E-state index in [-0.39, 0.29) is 0 Å². The van der Waals surface area contributed by atoms with Gasteiger partial charge in [-0.05, 0) is 20.9 Å². The Hall–Kier alpha value is -0.0800. The molecule has 2 heteroatoms. The van der Waals surface area contributed by atoms with Crippen LogP contribution < -0.4 is 5.32 Å². The Morgan fingerprint density at radius 1 is 1.09 bits per heavy atom. The molecule has 1 aliphatic rings. The fourth-order valence-electron chi connectivity index (χ4n) is 1.22. The summed E-state index contributed by atoms with van der Waals surface area (Å²) in [4.78, 5) is 2.41. The fourth-order valence-corrected chi connectivity index (χ4v) is 1.22. The molecule has 0 aromatic heterocycles. The molecule has 2 nitrogen and oxygen atoms in total. The molecule has 0 aromatic carbocycles. The lowest BCUT2D eigenvalue weighted by Crippen LogP contribution is -2.52. The third kappa shape index (κ3) is 3.21. The van der Waals surface area contributed by atoms with Crippen LogP contribution >= 0.6 is 0 Å². The predicted octanol–water partition coefficient (Wildman–Crippen LogP) is 1.32. The van der Waals surface area contributed by atoms with E-state index in [1.165, 1.54) is 0 Å². The summed E-state index contributed by atoms with van der Waals surface area (Å²) in [5, 5.41) is 3.37. The molecule has 1 saturated heterocycles. The average Bonchev–Trinajstić information content (AvgIpc) is 2.04. The van der Waals surface area contributed by atoms with Gasteiger partial charge >= 0.3 is 0 Å². The molecule has 0 amide bonds. The number of rotatable bonds is 0. The van der Waals surface area contributed by atoms with Gasteiger partial charge in [0.05, 0.1) is 0 Å². The first-order valence-electron chi connectivity index (χ1n) is 4.64. The summed E-state index contributed by atoms with van der Waals surface area (Å²) in [6, 6.07) is 1.41. The first kappa shape index (κ1) is 10.9. The molecule has 0 aromatic rings. The van der Waals surface area contributed by atoms with Gasteiger partial charge in [-0.15, -0.1) is 0 Å². The van der Waals surface area contributed by atoms with Crippen molar-refractivity contribution in [1.29, 1.82) is 0 Å². The summed E-state index contributed by atoms with van der Waals surface area (Å²) in [5.41, 5.74) is 0. The van der Waals surface area contributed by atoms with Crippen molar-refractivity contribution < 1.29 is 0 Å². The third-order valence-electron chi connectivity index (χ3n) is 2.27. The smallest absolute Gasteiger partial charge is 0.0192 e. The molecular weight excluding hydrogens is 136 g/mol. The van der Waals surface area contributed by atoms with Crippen molar-refractivity contribution in [2.75, 3.05) is 20.1 Å². The van der Waals surface area contributed by atoms with E-state index in [1.807, 2.05) is 13.8 Å². The Balaban J connectivity index is 0.000000461. The highest BCUT2D eigenvalue weighted by Gasteiger charge is 2.19. The summed E-state index contributed by atoms with van der Waals surface area (Å²) in [6.07, 6.45) is 0. The van der Waals surface area contributed by atoms with Gasteiger partial charge in [0.15, 0.2) is 0 Å². The van der Waals surface area contributed by atoms with E-state index in [4.69, 9.17) is 0 Å².